The highest BCUT2D eigenvalue weighted by molar-refractivity contribution is 5.98. The molecule has 0 aliphatic rings. The van der Waals surface area contributed by atoms with Crippen LogP contribution in [0.15, 0.2) is 126 Å². The predicted molar refractivity (Wildman–Crippen MR) is 159 cm³/mol. The van der Waals surface area contributed by atoms with Crippen LogP contribution < -0.4 is 11.3 Å². The van der Waals surface area contributed by atoms with Crippen LogP contribution in [-0.2, 0) is 6.54 Å². The Labute approximate surface area is 227 Å². The van der Waals surface area contributed by atoms with Gasteiger partial charge in [0, 0.05) is 29.4 Å². The molecule has 0 bridgehead atoms. The number of aromatic amines is 1. The Morgan fingerprint density at radius 1 is 0.632 bits per heavy atom. The summed E-state index contributed by atoms with van der Waals surface area (Å²) in [5, 5.41) is 0.559. The minimum absolute atomic E-state index is 0. The minimum atomic E-state index is -0.160. The van der Waals surface area contributed by atoms with E-state index in [4.69, 9.17) is 10.7 Å². The number of nitrogens with zero attached hydrogens (tertiary/aromatic N) is 1. The number of hydrogen-bond acceptors (Lipinski definition) is 3. The summed E-state index contributed by atoms with van der Waals surface area (Å²) in [6.07, 6.45) is 1.77. The van der Waals surface area contributed by atoms with Crippen molar-refractivity contribution >= 4 is 23.3 Å². The molecule has 0 amide bonds. The maximum atomic E-state index is 13.1. The molecule has 0 saturated carbocycles. The zero-order valence-corrected chi connectivity index (χ0v) is 21.4. The molecule has 0 fully saturated rings. The number of fused-ring (bicyclic) bond motifs is 1. The Morgan fingerprint density at radius 2 is 1.26 bits per heavy atom. The van der Waals surface area contributed by atoms with E-state index < -0.39 is 0 Å². The second-order valence-corrected chi connectivity index (χ2v) is 9.03. The molecule has 0 aliphatic carbocycles. The molecular formula is C33H26ClN3O. The highest BCUT2D eigenvalue weighted by Gasteiger charge is 2.16. The maximum absolute atomic E-state index is 13.1. The molecule has 3 N–H and O–H groups in total. The smallest absolute Gasteiger partial charge is 0.257 e. The van der Waals surface area contributed by atoms with Gasteiger partial charge >= 0.3 is 0 Å². The third-order valence-electron chi connectivity index (χ3n) is 6.70. The molecule has 186 valence electrons. The second kappa shape index (κ2) is 10.9. The van der Waals surface area contributed by atoms with Gasteiger partial charge in [-0.2, -0.15) is 0 Å². The molecule has 0 atom stereocenters. The molecule has 0 aliphatic heterocycles. The molecule has 0 saturated heterocycles. The molecule has 38 heavy (non-hydrogen) atoms. The lowest BCUT2D eigenvalue weighted by molar-refractivity contribution is 1.07. The van der Waals surface area contributed by atoms with Gasteiger partial charge in [-0.25, -0.2) is 4.98 Å². The van der Waals surface area contributed by atoms with Crippen LogP contribution in [0.4, 0.5) is 0 Å². The van der Waals surface area contributed by atoms with Crippen molar-refractivity contribution < 1.29 is 0 Å². The molecule has 2 aromatic heterocycles. The number of pyridine rings is 2. The van der Waals surface area contributed by atoms with E-state index in [9.17, 15) is 4.79 Å². The van der Waals surface area contributed by atoms with Crippen LogP contribution in [0.2, 0.25) is 0 Å². The van der Waals surface area contributed by atoms with Gasteiger partial charge in [-0.1, -0.05) is 103 Å². The maximum Gasteiger partial charge on any atom is 0.257 e. The summed E-state index contributed by atoms with van der Waals surface area (Å²) in [4.78, 5) is 21.2. The van der Waals surface area contributed by atoms with Crippen molar-refractivity contribution in [3.05, 3.63) is 137 Å². The Morgan fingerprint density at radius 3 is 1.95 bits per heavy atom. The van der Waals surface area contributed by atoms with E-state index in [2.05, 4.69) is 35.3 Å². The fourth-order valence-corrected chi connectivity index (χ4v) is 4.75. The summed E-state index contributed by atoms with van der Waals surface area (Å²) in [5.41, 5.74) is 15.2. The van der Waals surface area contributed by atoms with Crippen LogP contribution in [0.25, 0.3) is 55.5 Å². The first-order valence-electron chi connectivity index (χ1n) is 12.3. The van der Waals surface area contributed by atoms with Crippen molar-refractivity contribution in [2.24, 2.45) is 5.73 Å². The standard InChI is InChI=1S/C33H25N3O.ClH/c34-20-22-14-16-25(17-15-22)31-28(24-10-5-2-6-11-24)19-29-32(36-31)30(21-35-33(29)37)27-13-7-12-26(18-27)23-8-3-1-4-9-23;/h1-19,21H,20,34H2,(H,35,37);1H. The average molecular weight is 516 g/mol. The van der Waals surface area contributed by atoms with Gasteiger partial charge in [-0.05, 0) is 39.9 Å². The SMILES string of the molecule is Cl.NCc1ccc(-c2nc3c(-c4cccc(-c5ccccc5)c4)c[nH]c(=O)c3cc2-c2ccccc2)cc1. The normalized spacial score (nSPS) is 10.8. The van der Waals surface area contributed by atoms with Gasteiger partial charge in [0.05, 0.1) is 16.6 Å². The first-order valence-corrected chi connectivity index (χ1v) is 12.3. The Hall–Kier alpha value is -4.51. The van der Waals surface area contributed by atoms with Gasteiger partial charge in [-0.3, -0.25) is 4.79 Å². The Kier molecular flexibility index (Phi) is 7.18. The number of nitrogens with one attached hydrogen (secondary N) is 1. The summed E-state index contributed by atoms with van der Waals surface area (Å²) >= 11 is 0. The van der Waals surface area contributed by atoms with E-state index >= 15 is 0 Å². The van der Waals surface area contributed by atoms with Crippen molar-refractivity contribution in [1.29, 1.82) is 0 Å². The van der Waals surface area contributed by atoms with Gasteiger partial charge in [0.1, 0.15) is 0 Å². The molecule has 0 radical (unpaired) electrons. The minimum Gasteiger partial charge on any atom is -0.328 e. The number of rotatable bonds is 5. The fourth-order valence-electron chi connectivity index (χ4n) is 4.75. The van der Waals surface area contributed by atoms with Crippen LogP contribution in [0.1, 0.15) is 5.56 Å². The van der Waals surface area contributed by atoms with Gasteiger partial charge in [0.25, 0.3) is 5.56 Å². The van der Waals surface area contributed by atoms with E-state index in [0.29, 0.717) is 17.4 Å². The lowest BCUT2D eigenvalue weighted by atomic mass is 9.95. The third kappa shape index (κ3) is 4.75. The molecule has 5 heteroatoms. The first kappa shape index (κ1) is 25.2. The van der Waals surface area contributed by atoms with Gasteiger partial charge in [0.2, 0.25) is 0 Å². The van der Waals surface area contributed by atoms with Gasteiger partial charge in [0.15, 0.2) is 0 Å². The summed E-state index contributed by atoms with van der Waals surface area (Å²) in [6, 6.07) is 38.8. The van der Waals surface area contributed by atoms with Crippen molar-refractivity contribution in [1.82, 2.24) is 9.97 Å². The summed E-state index contributed by atoms with van der Waals surface area (Å²) in [5.74, 6) is 0. The van der Waals surface area contributed by atoms with Crippen LogP contribution in [0.5, 0.6) is 0 Å². The third-order valence-corrected chi connectivity index (χ3v) is 6.70. The molecule has 0 unspecified atom stereocenters. The number of halogens is 1. The van der Waals surface area contributed by atoms with Crippen molar-refractivity contribution in [3.8, 4) is 44.6 Å². The number of aromatic nitrogens is 2. The van der Waals surface area contributed by atoms with E-state index in [1.807, 2.05) is 84.9 Å². The Bertz CT molecular complexity index is 1760. The number of nitrogens with two attached hydrogens (primary N) is 1. The fraction of sp³-hybridized carbons (Fsp3) is 0.0303. The van der Waals surface area contributed by atoms with Crippen LogP contribution in [0, 0.1) is 0 Å². The summed E-state index contributed by atoms with van der Waals surface area (Å²) < 4.78 is 0. The van der Waals surface area contributed by atoms with Crippen molar-refractivity contribution in [2.45, 2.75) is 6.54 Å². The second-order valence-electron chi connectivity index (χ2n) is 9.03. The molecule has 4 nitrogen and oxygen atoms in total. The lowest BCUT2D eigenvalue weighted by Gasteiger charge is -2.14. The topological polar surface area (TPSA) is 71.8 Å². The molecule has 4 aromatic carbocycles. The molecule has 0 spiro atoms. The number of H-pyrrole nitrogens is 1. The predicted octanol–water partition coefficient (Wildman–Crippen LogP) is 7.47. The lowest BCUT2D eigenvalue weighted by Crippen LogP contribution is -2.08. The van der Waals surface area contributed by atoms with E-state index in [-0.39, 0.29) is 18.0 Å². The molecule has 6 rings (SSSR count). The van der Waals surface area contributed by atoms with Crippen LogP contribution in [0.3, 0.4) is 0 Å². The van der Waals surface area contributed by atoms with Gasteiger partial charge in [-0.15, -0.1) is 12.4 Å². The Balaban J connectivity index is 0.00000294. The first-order chi connectivity index (χ1) is 18.2. The monoisotopic (exact) mass is 515 g/mol. The average Bonchev–Trinajstić information content (AvgIpc) is 2.98. The molecular weight excluding hydrogens is 490 g/mol. The van der Waals surface area contributed by atoms with Crippen molar-refractivity contribution in [3.63, 3.8) is 0 Å². The number of benzene rings is 4. The van der Waals surface area contributed by atoms with E-state index in [0.717, 1.165) is 50.2 Å². The highest BCUT2D eigenvalue weighted by atomic mass is 35.5. The van der Waals surface area contributed by atoms with Crippen LogP contribution >= 0.6 is 12.4 Å². The zero-order valence-electron chi connectivity index (χ0n) is 20.6. The van der Waals surface area contributed by atoms with Crippen molar-refractivity contribution in [2.75, 3.05) is 0 Å². The van der Waals surface area contributed by atoms with Crippen LogP contribution in [-0.4, -0.2) is 9.97 Å². The largest absolute Gasteiger partial charge is 0.328 e. The summed E-state index contributed by atoms with van der Waals surface area (Å²) in [6.45, 7) is 0.480. The summed E-state index contributed by atoms with van der Waals surface area (Å²) in [7, 11) is 0. The quantitative estimate of drug-likeness (QED) is 0.250. The highest BCUT2D eigenvalue weighted by Crippen LogP contribution is 2.36. The van der Waals surface area contributed by atoms with E-state index in [1.165, 1.54) is 0 Å². The zero-order chi connectivity index (χ0) is 25.2. The number of hydrogen-bond donors (Lipinski definition) is 2. The molecule has 2 heterocycles. The molecule has 6 aromatic rings. The van der Waals surface area contributed by atoms with Gasteiger partial charge < -0.3 is 10.7 Å². The van der Waals surface area contributed by atoms with E-state index in [1.54, 1.807) is 6.20 Å².